The first-order valence-corrected chi connectivity index (χ1v) is 6.10. The minimum Gasteiger partial charge on any atom is -0.507 e. The lowest BCUT2D eigenvalue weighted by Gasteiger charge is -2.21. The van der Waals surface area contributed by atoms with Crippen molar-refractivity contribution < 1.29 is 9.90 Å². The molecule has 0 spiro atoms. The third-order valence-corrected chi connectivity index (χ3v) is 3.55. The van der Waals surface area contributed by atoms with Crippen LogP contribution in [0.1, 0.15) is 43.9 Å². The van der Waals surface area contributed by atoms with E-state index in [0.717, 1.165) is 23.1 Å². The summed E-state index contributed by atoms with van der Waals surface area (Å²) in [5, 5.41) is 9.69. The van der Waals surface area contributed by atoms with E-state index in [1.165, 1.54) is 0 Å². The molecular formula is C15H22O2. The van der Waals surface area contributed by atoms with E-state index in [2.05, 4.69) is 0 Å². The molecule has 0 radical (unpaired) electrons. The molecule has 0 saturated heterocycles. The number of carbonyl (C=O) groups is 1. The molecule has 2 nitrogen and oxygen atoms in total. The van der Waals surface area contributed by atoms with Crippen LogP contribution < -0.4 is 0 Å². The lowest BCUT2D eigenvalue weighted by atomic mass is 9.82. The van der Waals surface area contributed by atoms with Gasteiger partial charge in [0.2, 0.25) is 0 Å². The molecule has 1 N–H and O–H groups in total. The topological polar surface area (TPSA) is 37.3 Å². The number of Topliss-reactive ketones (excluding diaryl/α,β-unsaturated/α-hetero) is 1. The van der Waals surface area contributed by atoms with E-state index >= 15 is 0 Å². The Morgan fingerprint density at radius 1 is 1.24 bits per heavy atom. The van der Waals surface area contributed by atoms with Gasteiger partial charge >= 0.3 is 0 Å². The van der Waals surface area contributed by atoms with Crippen LogP contribution in [0, 0.1) is 19.3 Å². The molecule has 94 valence electrons. The molecule has 17 heavy (non-hydrogen) atoms. The van der Waals surface area contributed by atoms with Crippen molar-refractivity contribution in [2.24, 2.45) is 5.41 Å². The van der Waals surface area contributed by atoms with Gasteiger partial charge in [-0.2, -0.15) is 0 Å². The number of benzene rings is 1. The predicted octanol–water partition coefficient (Wildman–Crippen LogP) is 3.56. The lowest BCUT2D eigenvalue weighted by molar-refractivity contribution is -0.126. The van der Waals surface area contributed by atoms with Crippen LogP contribution in [0.5, 0.6) is 5.75 Å². The van der Waals surface area contributed by atoms with Crippen LogP contribution in [0.15, 0.2) is 12.1 Å². The molecule has 0 saturated carbocycles. The van der Waals surface area contributed by atoms with Crippen LogP contribution in [0.3, 0.4) is 0 Å². The number of aromatic hydroxyl groups is 1. The molecule has 1 aromatic carbocycles. The minimum absolute atomic E-state index is 0.254. The SMILES string of the molecule is CCC(C)(C)C(=O)Cc1cc(C)c(O)c(C)c1. The molecule has 0 atom stereocenters. The summed E-state index contributed by atoms with van der Waals surface area (Å²) in [6.45, 7) is 9.72. The Kier molecular flexibility index (Phi) is 3.97. The van der Waals surface area contributed by atoms with E-state index in [-0.39, 0.29) is 11.2 Å². The Morgan fingerprint density at radius 3 is 2.12 bits per heavy atom. The Balaban J connectivity index is 2.94. The second-order valence-corrected chi connectivity index (χ2v) is 5.42. The van der Waals surface area contributed by atoms with Gasteiger partial charge in [0.15, 0.2) is 0 Å². The van der Waals surface area contributed by atoms with Gasteiger partial charge in [0.1, 0.15) is 11.5 Å². The number of ketones is 1. The number of phenolic OH excluding ortho intramolecular Hbond substituents is 1. The van der Waals surface area contributed by atoms with Gasteiger partial charge < -0.3 is 5.11 Å². The van der Waals surface area contributed by atoms with Crippen LogP contribution >= 0.6 is 0 Å². The molecule has 0 amide bonds. The maximum Gasteiger partial charge on any atom is 0.142 e. The maximum atomic E-state index is 12.1. The van der Waals surface area contributed by atoms with E-state index in [0.29, 0.717) is 12.2 Å². The number of phenols is 1. The molecule has 2 heteroatoms. The van der Waals surface area contributed by atoms with Crippen molar-refractivity contribution in [3.63, 3.8) is 0 Å². The highest BCUT2D eigenvalue weighted by molar-refractivity contribution is 5.86. The van der Waals surface area contributed by atoms with E-state index in [4.69, 9.17) is 0 Å². The third kappa shape index (κ3) is 3.09. The summed E-state index contributed by atoms with van der Waals surface area (Å²) < 4.78 is 0. The molecule has 0 aliphatic carbocycles. The van der Waals surface area contributed by atoms with E-state index in [1.807, 2.05) is 46.8 Å². The van der Waals surface area contributed by atoms with Crippen LogP contribution in [-0.2, 0) is 11.2 Å². The Morgan fingerprint density at radius 2 is 1.71 bits per heavy atom. The van der Waals surface area contributed by atoms with Crippen LogP contribution in [0.25, 0.3) is 0 Å². The van der Waals surface area contributed by atoms with Crippen LogP contribution in [-0.4, -0.2) is 10.9 Å². The highest BCUT2D eigenvalue weighted by Gasteiger charge is 2.25. The van der Waals surface area contributed by atoms with Gasteiger partial charge in [-0.1, -0.05) is 32.9 Å². The van der Waals surface area contributed by atoms with Gasteiger partial charge in [0.25, 0.3) is 0 Å². The summed E-state index contributed by atoms with van der Waals surface area (Å²) in [4.78, 5) is 12.1. The largest absolute Gasteiger partial charge is 0.507 e. The molecule has 0 fully saturated rings. The summed E-state index contributed by atoms with van der Waals surface area (Å²) in [6, 6.07) is 3.79. The molecule has 0 aliphatic rings. The van der Waals surface area contributed by atoms with Crippen molar-refractivity contribution in [2.45, 2.75) is 47.5 Å². The van der Waals surface area contributed by atoms with Crippen molar-refractivity contribution >= 4 is 5.78 Å². The minimum atomic E-state index is -0.264. The van der Waals surface area contributed by atoms with Crippen molar-refractivity contribution in [2.75, 3.05) is 0 Å². The second-order valence-electron chi connectivity index (χ2n) is 5.42. The highest BCUT2D eigenvalue weighted by atomic mass is 16.3. The van der Waals surface area contributed by atoms with E-state index < -0.39 is 0 Å². The molecule has 0 bridgehead atoms. The summed E-state index contributed by atoms with van der Waals surface area (Å²) in [5.41, 5.74) is 2.40. The second kappa shape index (κ2) is 4.91. The third-order valence-electron chi connectivity index (χ3n) is 3.55. The average molecular weight is 234 g/mol. The van der Waals surface area contributed by atoms with Gasteiger partial charge in [-0.25, -0.2) is 0 Å². The maximum absolute atomic E-state index is 12.1. The standard InChI is InChI=1S/C15H22O2/c1-6-15(4,5)13(16)9-12-7-10(2)14(17)11(3)8-12/h7-8,17H,6,9H2,1-5H3. The zero-order valence-corrected chi connectivity index (χ0v) is 11.4. The monoisotopic (exact) mass is 234 g/mol. The zero-order valence-electron chi connectivity index (χ0n) is 11.4. The normalized spacial score (nSPS) is 11.6. The van der Waals surface area contributed by atoms with Gasteiger partial charge in [-0.15, -0.1) is 0 Å². The zero-order chi connectivity index (χ0) is 13.2. The van der Waals surface area contributed by atoms with Crippen LogP contribution in [0.4, 0.5) is 0 Å². The molecular weight excluding hydrogens is 212 g/mol. The number of carbonyl (C=O) groups excluding carboxylic acids is 1. The Labute approximate surface area is 104 Å². The molecule has 0 aliphatic heterocycles. The number of aryl methyl sites for hydroxylation is 2. The molecule has 0 aromatic heterocycles. The first kappa shape index (κ1) is 13.8. The average Bonchev–Trinajstić information content (AvgIpc) is 2.25. The Hall–Kier alpha value is -1.31. The van der Waals surface area contributed by atoms with E-state index in [9.17, 15) is 9.90 Å². The molecule has 0 heterocycles. The van der Waals surface area contributed by atoms with Crippen molar-refractivity contribution in [3.05, 3.63) is 28.8 Å². The number of hydrogen-bond acceptors (Lipinski definition) is 2. The van der Waals surface area contributed by atoms with E-state index in [1.54, 1.807) is 0 Å². The summed E-state index contributed by atoms with van der Waals surface area (Å²) >= 11 is 0. The molecule has 0 unspecified atom stereocenters. The predicted molar refractivity (Wildman–Crippen MR) is 70.4 cm³/mol. The van der Waals surface area contributed by atoms with Gasteiger partial charge in [-0.3, -0.25) is 4.79 Å². The van der Waals surface area contributed by atoms with Gasteiger partial charge in [0.05, 0.1) is 0 Å². The molecule has 1 aromatic rings. The van der Waals surface area contributed by atoms with Gasteiger partial charge in [-0.05, 0) is 37.0 Å². The first-order chi connectivity index (χ1) is 7.77. The van der Waals surface area contributed by atoms with Gasteiger partial charge in [0, 0.05) is 11.8 Å². The highest BCUT2D eigenvalue weighted by Crippen LogP contribution is 2.26. The summed E-state index contributed by atoms with van der Waals surface area (Å²) in [5.74, 6) is 0.584. The lowest BCUT2D eigenvalue weighted by Crippen LogP contribution is -2.25. The number of hydrogen-bond donors (Lipinski definition) is 1. The first-order valence-electron chi connectivity index (χ1n) is 6.10. The Bertz CT molecular complexity index is 408. The van der Waals surface area contributed by atoms with Crippen LogP contribution in [0.2, 0.25) is 0 Å². The fraction of sp³-hybridized carbons (Fsp3) is 0.533. The fourth-order valence-corrected chi connectivity index (χ4v) is 1.77. The quantitative estimate of drug-likeness (QED) is 0.865. The van der Waals surface area contributed by atoms with Crippen molar-refractivity contribution in [1.82, 2.24) is 0 Å². The molecule has 1 rings (SSSR count). The summed E-state index contributed by atoms with van der Waals surface area (Å²) in [6.07, 6.45) is 1.30. The number of rotatable bonds is 4. The van der Waals surface area contributed by atoms with Crippen molar-refractivity contribution in [1.29, 1.82) is 0 Å². The summed E-state index contributed by atoms with van der Waals surface area (Å²) in [7, 11) is 0. The van der Waals surface area contributed by atoms with Crippen molar-refractivity contribution in [3.8, 4) is 5.75 Å². The smallest absolute Gasteiger partial charge is 0.142 e. The fourth-order valence-electron chi connectivity index (χ4n) is 1.77.